The monoisotopic (exact) mass is 338 g/mol. The molecule has 0 radical (unpaired) electrons. The first-order valence-corrected chi connectivity index (χ1v) is 8.35. The molecule has 25 heavy (non-hydrogen) atoms. The van der Waals surface area contributed by atoms with Gasteiger partial charge in [-0.3, -0.25) is 5.10 Å². The second-order valence-corrected chi connectivity index (χ2v) is 6.64. The Morgan fingerprint density at radius 3 is 2.64 bits per heavy atom. The number of nitrogens with one attached hydrogen (secondary N) is 1. The van der Waals surface area contributed by atoms with E-state index in [9.17, 15) is 5.26 Å². The fourth-order valence-corrected chi connectivity index (χ4v) is 3.10. The average molecular weight is 338 g/mol. The van der Waals surface area contributed by atoms with Crippen LogP contribution in [0.4, 0.5) is 0 Å². The number of H-pyrrole nitrogens is 1. The van der Waals surface area contributed by atoms with Gasteiger partial charge in [-0.15, -0.1) is 5.10 Å². The number of allylic oxidation sites excluding steroid dienone is 1. The van der Waals surface area contributed by atoms with Gasteiger partial charge >= 0.3 is 0 Å². The van der Waals surface area contributed by atoms with Gasteiger partial charge in [0.25, 0.3) is 0 Å². The number of nitriles is 1. The largest absolute Gasteiger partial charge is 0.491 e. The fourth-order valence-electron chi connectivity index (χ4n) is 3.10. The molecule has 0 spiro atoms. The van der Waals surface area contributed by atoms with E-state index in [1.54, 1.807) is 0 Å². The van der Waals surface area contributed by atoms with Crippen LogP contribution in [-0.4, -0.2) is 16.3 Å². The Morgan fingerprint density at radius 2 is 2.00 bits per heavy atom. The van der Waals surface area contributed by atoms with Gasteiger partial charge in [-0.25, -0.2) is 0 Å². The summed E-state index contributed by atoms with van der Waals surface area (Å²) in [6, 6.07) is 9.92. The molecule has 1 aromatic heterocycles. The predicted molar refractivity (Wildman–Crippen MR) is 94.2 cm³/mol. The Labute approximate surface area is 147 Å². The van der Waals surface area contributed by atoms with Crippen molar-refractivity contribution < 1.29 is 9.47 Å². The van der Waals surface area contributed by atoms with E-state index in [1.165, 1.54) is 0 Å². The van der Waals surface area contributed by atoms with Crippen LogP contribution < -0.4 is 15.2 Å². The van der Waals surface area contributed by atoms with Crippen LogP contribution >= 0.6 is 0 Å². The molecule has 0 saturated carbocycles. The van der Waals surface area contributed by atoms with Crippen LogP contribution in [0.2, 0.25) is 0 Å². The van der Waals surface area contributed by atoms with E-state index in [4.69, 9.17) is 15.2 Å². The van der Waals surface area contributed by atoms with Crippen LogP contribution in [0.15, 0.2) is 35.7 Å². The highest BCUT2D eigenvalue weighted by molar-refractivity contribution is 5.58. The maximum atomic E-state index is 9.72. The maximum Gasteiger partial charge on any atom is 0.244 e. The number of hydrogen-bond donors (Lipinski definition) is 2. The fraction of sp³-hybridized carbons (Fsp3) is 0.368. The molecule has 0 amide bonds. The Balaban J connectivity index is 2.24. The summed E-state index contributed by atoms with van der Waals surface area (Å²) in [5.74, 6) is 1.05. The summed E-state index contributed by atoms with van der Waals surface area (Å²) in [7, 11) is 0. The molecule has 0 fully saturated rings. The molecule has 2 aromatic rings. The number of aromatic amines is 1. The van der Waals surface area contributed by atoms with Gasteiger partial charge in [0.1, 0.15) is 17.4 Å². The molecule has 6 nitrogen and oxygen atoms in total. The first-order chi connectivity index (χ1) is 11.9. The summed E-state index contributed by atoms with van der Waals surface area (Å²) >= 11 is 0. The zero-order chi connectivity index (χ0) is 18.1. The van der Waals surface area contributed by atoms with Crippen LogP contribution in [0.3, 0.4) is 0 Å². The van der Waals surface area contributed by atoms with Gasteiger partial charge in [0, 0.05) is 11.3 Å². The number of hydrogen-bond acceptors (Lipinski definition) is 5. The maximum absolute atomic E-state index is 9.72. The number of aromatic nitrogens is 2. The minimum absolute atomic E-state index is 0.0150. The summed E-state index contributed by atoms with van der Waals surface area (Å²) in [5.41, 5.74) is 9.04. The first kappa shape index (κ1) is 16.9. The Bertz CT molecular complexity index is 859. The molecular formula is C19H22N4O2. The molecule has 0 unspecified atom stereocenters. The van der Waals surface area contributed by atoms with Gasteiger partial charge in [-0.2, -0.15) is 5.26 Å². The second kappa shape index (κ2) is 6.52. The molecular weight excluding hydrogens is 316 g/mol. The Kier molecular flexibility index (Phi) is 4.41. The van der Waals surface area contributed by atoms with Gasteiger partial charge in [0.05, 0.1) is 17.6 Å². The van der Waals surface area contributed by atoms with Crippen molar-refractivity contribution >= 4 is 0 Å². The molecule has 130 valence electrons. The molecule has 6 heteroatoms. The molecule has 3 rings (SSSR count). The Morgan fingerprint density at radius 1 is 1.28 bits per heavy atom. The smallest absolute Gasteiger partial charge is 0.244 e. The third kappa shape index (κ3) is 2.93. The lowest BCUT2D eigenvalue weighted by atomic mass is 9.82. The lowest BCUT2D eigenvalue weighted by molar-refractivity contribution is 0.239. The van der Waals surface area contributed by atoms with E-state index in [0.29, 0.717) is 11.5 Å². The van der Waals surface area contributed by atoms with Crippen LogP contribution in [0, 0.1) is 11.3 Å². The minimum atomic E-state index is -0.375. The standard InChI is InChI=1S/C19H22N4O2/c1-10(2)17-16-15(12-7-5-6-8-14(12)24-11(3)4)13(9-20)18(21)25-19(16)23-22-17/h5-8,10-11,15H,21H2,1-4H3,(H,22,23)/t15-/m0/s1. The van der Waals surface area contributed by atoms with Crippen molar-refractivity contribution in [2.75, 3.05) is 0 Å². The van der Waals surface area contributed by atoms with Gasteiger partial charge in [0.15, 0.2) is 0 Å². The lowest BCUT2D eigenvalue weighted by Crippen LogP contribution is -2.22. The number of nitrogens with two attached hydrogens (primary N) is 1. The number of para-hydroxylation sites is 1. The SMILES string of the molecule is CC(C)Oc1ccccc1[C@H]1C(C#N)=C(N)Oc2n[nH]c(C(C)C)c21. The van der Waals surface area contributed by atoms with Crippen LogP contribution in [0.1, 0.15) is 56.4 Å². The van der Waals surface area contributed by atoms with E-state index in [0.717, 1.165) is 22.6 Å². The van der Waals surface area contributed by atoms with Crippen LogP contribution in [0.5, 0.6) is 11.6 Å². The molecule has 1 aliphatic rings. The number of rotatable bonds is 4. The molecule has 1 aliphatic heterocycles. The van der Waals surface area contributed by atoms with Crippen molar-refractivity contribution in [3.8, 4) is 17.7 Å². The molecule has 0 saturated heterocycles. The van der Waals surface area contributed by atoms with Crippen LogP contribution in [-0.2, 0) is 0 Å². The zero-order valence-corrected chi connectivity index (χ0v) is 14.8. The van der Waals surface area contributed by atoms with E-state index >= 15 is 0 Å². The molecule has 1 aromatic carbocycles. The number of benzene rings is 1. The zero-order valence-electron chi connectivity index (χ0n) is 14.8. The van der Waals surface area contributed by atoms with Crippen molar-refractivity contribution in [1.29, 1.82) is 5.26 Å². The van der Waals surface area contributed by atoms with Gasteiger partial charge in [-0.1, -0.05) is 32.0 Å². The second-order valence-electron chi connectivity index (χ2n) is 6.64. The molecule has 1 atom stereocenters. The third-order valence-electron chi connectivity index (χ3n) is 4.14. The van der Waals surface area contributed by atoms with E-state index in [-0.39, 0.29) is 23.8 Å². The van der Waals surface area contributed by atoms with E-state index < -0.39 is 0 Å². The summed E-state index contributed by atoms with van der Waals surface area (Å²) in [6.07, 6.45) is 0.0150. The van der Waals surface area contributed by atoms with Crippen molar-refractivity contribution in [1.82, 2.24) is 10.2 Å². The predicted octanol–water partition coefficient (Wildman–Crippen LogP) is 3.54. The normalized spacial score (nSPS) is 16.6. The number of nitrogens with zero attached hydrogens (tertiary/aromatic N) is 2. The van der Waals surface area contributed by atoms with Gasteiger partial charge < -0.3 is 15.2 Å². The quantitative estimate of drug-likeness (QED) is 0.888. The topological polar surface area (TPSA) is 96.9 Å². The molecule has 0 aliphatic carbocycles. The number of ether oxygens (including phenoxy) is 2. The van der Waals surface area contributed by atoms with Crippen molar-refractivity contribution in [3.63, 3.8) is 0 Å². The first-order valence-electron chi connectivity index (χ1n) is 8.35. The van der Waals surface area contributed by atoms with Crippen molar-refractivity contribution in [2.24, 2.45) is 5.73 Å². The van der Waals surface area contributed by atoms with Gasteiger partial charge in [0.2, 0.25) is 11.8 Å². The summed E-state index contributed by atoms with van der Waals surface area (Å²) in [6.45, 7) is 8.07. The highest BCUT2D eigenvalue weighted by Crippen LogP contribution is 2.46. The van der Waals surface area contributed by atoms with Gasteiger partial charge in [-0.05, 0) is 25.8 Å². The number of fused-ring (bicyclic) bond motifs is 1. The highest BCUT2D eigenvalue weighted by Gasteiger charge is 2.37. The van der Waals surface area contributed by atoms with E-state index in [1.807, 2.05) is 38.1 Å². The highest BCUT2D eigenvalue weighted by atomic mass is 16.5. The van der Waals surface area contributed by atoms with Crippen molar-refractivity contribution in [3.05, 3.63) is 52.5 Å². The van der Waals surface area contributed by atoms with Crippen molar-refractivity contribution in [2.45, 2.75) is 45.6 Å². The average Bonchev–Trinajstić information content (AvgIpc) is 2.97. The van der Waals surface area contributed by atoms with Crippen LogP contribution in [0.25, 0.3) is 0 Å². The molecule has 2 heterocycles. The lowest BCUT2D eigenvalue weighted by Gasteiger charge is -2.26. The molecule has 3 N–H and O–H groups in total. The minimum Gasteiger partial charge on any atom is -0.491 e. The molecule has 0 bridgehead atoms. The summed E-state index contributed by atoms with van der Waals surface area (Å²) < 4.78 is 11.6. The Hall–Kier alpha value is -2.94. The summed E-state index contributed by atoms with van der Waals surface area (Å²) in [4.78, 5) is 0. The summed E-state index contributed by atoms with van der Waals surface area (Å²) in [5, 5.41) is 17.0. The van der Waals surface area contributed by atoms with E-state index in [2.05, 4.69) is 30.1 Å². The third-order valence-corrected chi connectivity index (χ3v) is 4.14.